The zero-order valence-electron chi connectivity index (χ0n) is 12.7. The molecule has 0 spiro atoms. The molecule has 1 fully saturated rings. The summed E-state index contributed by atoms with van der Waals surface area (Å²) in [6.45, 7) is 1.59. The predicted molar refractivity (Wildman–Crippen MR) is 97.7 cm³/mol. The van der Waals surface area contributed by atoms with Gasteiger partial charge in [-0.05, 0) is 25.0 Å². The van der Waals surface area contributed by atoms with E-state index in [2.05, 4.69) is 25.6 Å². The van der Waals surface area contributed by atoms with E-state index >= 15 is 0 Å². The molecule has 0 bridgehead atoms. The van der Waals surface area contributed by atoms with E-state index in [0.717, 1.165) is 43.1 Å². The molecule has 1 aliphatic carbocycles. The third-order valence-electron chi connectivity index (χ3n) is 3.70. The van der Waals surface area contributed by atoms with Crippen LogP contribution in [0.25, 0.3) is 0 Å². The van der Waals surface area contributed by atoms with Gasteiger partial charge in [-0.2, -0.15) is 0 Å². The summed E-state index contributed by atoms with van der Waals surface area (Å²) in [5.41, 5.74) is 7.94. The van der Waals surface area contributed by atoms with E-state index in [0.29, 0.717) is 12.0 Å². The van der Waals surface area contributed by atoms with Crippen molar-refractivity contribution in [2.75, 3.05) is 23.7 Å². The van der Waals surface area contributed by atoms with E-state index in [1.807, 2.05) is 24.4 Å². The van der Waals surface area contributed by atoms with E-state index in [-0.39, 0.29) is 24.8 Å². The van der Waals surface area contributed by atoms with Gasteiger partial charge in [0.1, 0.15) is 12.1 Å². The number of hydrogen-bond donors (Lipinski definition) is 3. The maximum Gasteiger partial charge on any atom is 0.129 e. The van der Waals surface area contributed by atoms with E-state index < -0.39 is 0 Å². The van der Waals surface area contributed by atoms with Crippen LogP contribution >= 0.6 is 24.8 Å². The molecule has 23 heavy (non-hydrogen) atoms. The van der Waals surface area contributed by atoms with Gasteiger partial charge in [0.05, 0.1) is 5.69 Å². The normalized spacial score (nSPS) is 18.8. The van der Waals surface area contributed by atoms with E-state index in [9.17, 15) is 0 Å². The molecule has 0 aromatic carbocycles. The maximum atomic E-state index is 5.83. The predicted octanol–water partition coefficient (Wildman–Crippen LogP) is 2.44. The number of nitrogens with two attached hydrogens (primary N) is 1. The lowest BCUT2D eigenvalue weighted by Crippen LogP contribution is -2.35. The Bertz CT molecular complexity index is 577. The monoisotopic (exact) mass is 356 g/mol. The second kappa shape index (κ2) is 9.50. The van der Waals surface area contributed by atoms with Gasteiger partial charge in [-0.15, -0.1) is 24.8 Å². The van der Waals surface area contributed by atoms with Crippen LogP contribution in [0.4, 0.5) is 11.5 Å². The number of aromatic nitrogens is 3. The van der Waals surface area contributed by atoms with Crippen molar-refractivity contribution in [1.82, 2.24) is 15.0 Å². The summed E-state index contributed by atoms with van der Waals surface area (Å²) in [6, 6.07) is 6.27. The van der Waals surface area contributed by atoms with Crippen molar-refractivity contribution in [2.45, 2.75) is 24.8 Å². The Morgan fingerprint density at radius 1 is 1.13 bits per heavy atom. The Kier molecular flexibility index (Phi) is 8.02. The zero-order chi connectivity index (χ0) is 14.5. The summed E-state index contributed by atoms with van der Waals surface area (Å²) in [5.74, 6) is 1.37. The fourth-order valence-corrected chi connectivity index (χ4v) is 2.46. The second-order valence-electron chi connectivity index (χ2n) is 5.35. The Morgan fingerprint density at radius 2 is 1.91 bits per heavy atom. The van der Waals surface area contributed by atoms with Gasteiger partial charge < -0.3 is 16.4 Å². The first-order valence-corrected chi connectivity index (χ1v) is 7.26. The van der Waals surface area contributed by atoms with Gasteiger partial charge in [-0.3, -0.25) is 4.98 Å². The van der Waals surface area contributed by atoms with Crippen molar-refractivity contribution in [2.24, 2.45) is 5.73 Å². The standard InChI is InChI=1S/C15H20N6.2ClH/c16-12-6-11(7-12)14-8-15(21-10-20-14)19-5-4-18-13-2-1-3-17-9-13;;/h1-3,8-12,18H,4-7,16H2,(H,19,20,21);2*1H. The number of rotatable bonds is 6. The van der Waals surface area contributed by atoms with Crippen LogP contribution in [-0.2, 0) is 0 Å². The van der Waals surface area contributed by atoms with Crippen molar-refractivity contribution >= 4 is 36.3 Å². The highest BCUT2D eigenvalue weighted by Gasteiger charge is 2.28. The quantitative estimate of drug-likeness (QED) is 0.688. The zero-order valence-corrected chi connectivity index (χ0v) is 14.3. The number of halogens is 2. The minimum atomic E-state index is 0. The van der Waals surface area contributed by atoms with Crippen LogP contribution in [0.1, 0.15) is 24.5 Å². The lowest BCUT2D eigenvalue weighted by Gasteiger charge is -2.31. The summed E-state index contributed by atoms with van der Waals surface area (Å²) in [4.78, 5) is 12.7. The van der Waals surface area contributed by atoms with Gasteiger partial charge in [-0.25, -0.2) is 9.97 Å². The summed E-state index contributed by atoms with van der Waals surface area (Å²) in [6.07, 6.45) is 7.24. The first kappa shape index (κ1) is 19.4. The summed E-state index contributed by atoms with van der Waals surface area (Å²) in [7, 11) is 0. The average molecular weight is 357 g/mol. The number of nitrogens with one attached hydrogen (secondary N) is 2. The average Bonchev–Trinajstić information content (AvgIpc) is 2.50. The van der Waals surface area contributed by atoms with Crippen molar-refractivity contribution < 1.29 is 0 Å². The van der Waals surface area contributed by atoms with Crippen LogP contribution in [0.3, 0.4) is 0 Å². The van der Waals surface area contributed by atoms with Crippen LogP contribution in [-0.4, -0.2) is 34.1 Å². The van der Waals surface area contributed by atoms with Gasteiger partial charge in [0.25, 0.3) is 0 Å². The molecule has 2 aromatic heterocycles. The maximum absolute atomic E-state index is 5.83. The fraction of sp³-hybridized carbons (Fsp3) is 0.400. The molecule has 0 saturated heterocycles. The van der Waals surface area contributed by atoms with Crippen molar-refractivity contribution in [3.05, 3.63) is 42.6 Å². The second-order valence-corrected chi connectivity index (χ2v) is 5.35. The van der Waals surface area contributed by atoms with Crippen LogP contribution < -0.4 is 16.4 Å². The van der Waals surface area contributed by atoms with Gasteiger partial charge in [-0.1, -0.05) is 0 Å². The molecule has 0 amide bonds. The Labute approximate surface area is 148 Å². The van der Waals surface area contributed by atoms with E-state index in [1.165, 1.54) is 0 Å². The first-order valence-electron chi connectivity index (χ1n) is 7.26. The number of nitrogens with zero attached hydrogens (tertiary/aromatic N) is 3. The van der Waals surface area contributed by atoms with E-state index in [4.69, 9.17) is 5.73 Å². The number of hydrogen-bond acceptors (Lipinski definition) is 6. The van der Waals surface area contributed by atoms with Crippen LogP contribution in [0.5, 0.6) is 0 Å². The largest absolute Gasteiger partial charge is 0.382 e. The van der Waals surface area contributed by atoms with Gasteiger partial charge in [0.2, 0.25) is 0 Å². The highest BCUT2D eigenvalue weighted by Crippen LogP contribution is 2.34. The van der Waals surface area contributed by atoms with Crippen LogP contribution in [0, 0.1) is 0 Å². The number of pyridine rings is 1. The summed E-state index contributed by atoms with van der Waals surface area (Å²) < 4.78 is 0. The molecular formula is C15H22Cl2N6. The SMILES string of the molecule is Cl.Cl.NC1CC(c2cc(NCCNc3cccnc3)ncn2)C1. The molecule has 0 atom stereocenters. The molecule has 2 aromatic rings. The topological polar surface area (TPSA) is 88.8 Å². The molecule has 4 N–H and O–H groups in total. The smallest absolute Gasteiger partial charge is 0.129 e. The fourth-order valence-electron chi connectivity index (χ4n) is 2.46. The van der Waals surface area contributed by atoms with Crippen molar-refractivity contribution in [3.63, 3.8) is 0 Å². The van der Waals surface area contributed by atoms with Crippen molar-refractivity contribution in [3.8, 4) is 0 Å². The molecule has 0 unspecified atom stereocenters. The summed E-state index contributed by atoms with van der Waals surface area (Å²) in [5, 5.41) is 6.60. The third kappa shape index (κ3) is 5.49. The minimum Gasteiger partial charge on any atom is -0.382 e. The van der Waals surface area contributed by atoms with Crippen molar-refractivity contribution in [1.29, 1.82) is 0 Å². The molecule has 3 rings (SSSR count). The molecule has 0 aliphatic heterocycles. The highest BCUT2D eigenvalue weighted by molar-refractivity contribution is 5.85. The molecule has 126 valence electrons. The minimum absolute atomic E-state index is 0. The van der Waals surface area contributed by atoms with Gasteiger partial charge in [0.15, 0.2) is 0 Å². The highest BCUT2D eigenvalue weighted by atomic mass is 35.5. The number of anilines is 2. The first-order chi connectivity index (χ1) is 10.3. The Hall–Kier alpha value is -1.63. The van der Waals surface area contributed by atoms with Gasteiger partial charge >= 0.3 is 0 Å². The Balaban J connectivity index is 0.00000132. The lowest BCUT2D eigenvalue weighted by atomic mass is 9.79. The molecule has 6 nitrogen and oxygen atoms in total. The summed E-state index contributed by atoms with van der Waals surface area (Å²) >= 11 is 0. The van der Waals surface area contributed by atoms with Crippen LogP contribution in [0.2, 0.25) is 0 Å². The Morgan fingerprint density at radius 3 is 2.61 bits per heavy atom. The molecule has 1 aliphatic rings. The van der Waals surface area contributed by atoms with Crippen LogP contribution in [0.15, 0.2) is 36.9 Å². The third-order valence-corrected chi connectivity index (χ3v) is 3.70. The molecule has 0 radical (unpaired) electrons. The molecule has 2 heterocycles. The molecule has 1 saturated carbocycles. The lowest BCUT2D eigenvalue weighted by molar-refractivity contribution is 0.345. The van der Waals surface area contributed by atoms with Gasteiger partial charge in [0, 0.05) is 49.2 Å². The molecule has 8 heteroatoms. The van der Waals surface area contributed by atoms with E-state index in [1.54, 1.807) is 12.5 Å². The molecular weight excluding hydrogens is 335 g/mol.